The van der Waals surface area contributed by atoms with E-state index in [2.05, 4.69) is 24.1 Å². The van der Waals surface area contributed by atoms with Crippen LogP contribution in [0.4, 0.5) is 4.39 Å². The van der Waals surface area contributed by atoms with Crippen molar-refractivity contribution in [2.45, 2.75) is 33.4 Å². The van der Waals surface area contributed by atoms with Crippen LogP contribution in [0.25, 0.3) is 0 Å². The summed E-state index contributed by atoms with van der Waals surface area (Å²) in [4.78, 5) is 4.25. The van der Waals surface area contributed by atoms with Gasteiger partial charge >= 0.3 is 0 Å². The quantitative estimate of drug-likeness (QED) is 0.900. The third-order valence-electron chi connectivity index (χ3n) is 2.89. The fourth-order valence-electron chi connectivity index (χ4n) is 1.76. The van der Waals surface area contributed by atoms with Gasteiger partial charge in [0.25, 0.3) is 0 Å². The molecule has 2 rings (SSSR count). The maximum absolute atomic E-state index is 13.2. The molecule has 1 aromatic carbocycles. The lowest BCUT2D eigenvalue weighted by Gasteiger charge is -2.12. The molecule has 2 aromatic rings. The van der Waals surface area contributed by atoms with Crippen LogP contribution in [0.2, 0.25) is 0 Å². The molecule has 0 radical (unpaired) electrons. The van der Waals surface area contributed by atoms with Crippen LogP contribution in [0.3, 0.4) is 0 Å². The van der Waals surface area contributed by atoms with Crippen LogP contribution in [-0.2, 0) is 6.54 Å². The predicted octanol–water partition coefficient (Wildman–Crippen LogP) is 3.82. The van der Waals surface area contributed by atoms with Gasteiger partial charge in [0.05, 0.1) is 0 Å². The maximum Gasteiger partial charge on any atom is 0.223 e. The van der Waals surface area contributed by atoms with Crippen LogP contribution in [-0.4, -0.2) is 11.0 Å². The summed E-state index contributed by atoms with van der Waals surface area (Å²) >= 11 is 0. The normalized spacial score (nSPS) is 10.8. The van der Waals surface area contributed by atoms with E-state index < -0.39 is 0 Å². The first-order chi connectivity index (χ1) is 9.56. The molecule has 0 aliphatic carbocycles. The van der Waals surface area contributed by atoms with Gasteiger partial charge in [-0.05, 0) is 36.8 Å². The standard InChI is InChI=1S/C16H19FN2O/c1-11(2)19-10-13-5-4-8-18-16(13)20-14-6-7-15(17)12(3)9-14/h4-9,11,19H,10H2,1-3H3. The molecule has 0 spiro atoms. The van der Waals surface area contributed by atoms with E-state index in [1.807, 2.05) is 12.1 Å². The number of rotatable bonds is 5. The van der Waals surface area contributed by atoms with E-state index in [4.69, 9.17) is 4.74 Å². The molecule has 0 saturated carbocycles. The lowest BCUT2D eigenvalue weighted by molar-refractivity contribution is 0.448. The zero-order valence-corrected chi connectivity index (χ0v) is 12.0. The molecule has 1 heterocycles. The van der Waals surface area contributed by atoms with Crippen molar-refractivity contribution in [1.29, 1.82) is 0 Å². The molecule has 3 nitrogen and oxygen atoms in total. The summed E-state index contributed by atoms with van der Waals surface area (Å²) in [6.07, 6.45) is 1.69. The van der Waals surface area contributed by atoms with Crippen molar-refractivity contribution in [3.05, 3.63) is 53.5 Å². The second-order valence-electron chi connectivity index (χ2n) is 5.02. The topological polar surface area (TPSA) is 34.1 Å². The molecular weight excluding hydrogens is 255 g/mol. The Bertz CT molecular complexity index is 584. The van der Waals surface area contributed by atoms with E-state index in [-0.39, 0.29) is 5.82 Å². The zero-order chi connectivity index (χ0) is 14.5. The molecule has 0 bridgehead atoms. The fourth-order valence-corrected chi connectivity index (χ4v) is 1.76. The Morgan fingerprint density at radius 1 is 1.30 bits per heavy atom. The van der Waals surface area contributed by atoms with Gasteiger partial charge in [-0.25, -0.2) is 9.37 Å². The molecule has 0 atom stereocenters. The third kappa shape index (κ3) is 3.78. The Morgan fingerprint density at radius 3 is 2.80 bits per heavy atom. The Kier molecular flexibility index (Phi) is 4.69. The monoisotopic (exact) mass is 274 g/mol. The van der Waals surface area contributed by atoms with Gasteiger partial charge in [-0.2, -0.15) is 0 Å². The van der Waals surface area contributed by atoms with Gasteiger partial charge in [0.15, 0.2) is 0 Å². The number of nitrogens with zero attached hydrogens (tertiary/aromatic N) is 1. The van der Waals surface area contributed by atoms with Crippen molar-refractivity contribution in [2.24, 2.45) is 0 Å². The lowest BCUT2D eigenvalue weighted by atomic mass is 10.2. The molecular formula is C16H19FN2O. The lowest BCUT2D eigenvalue weighted by Crippen LogP contribution is -2.22. The highest BCUT2D eigenvalue weighted by atomic mass is 19.1. The first-order valence-electron chi connectivity index (χ1n) is 6.67. The van der Waals surface area contributed by atoms with Gasteiger partial charge in [0, 0.05) is 24.3 Å². The van der Waals surface area contributed by atoms with Crippen molar-refractivity contribution in [3.8, 4) is 11.6 Å². The molecule has 0 aliphatic rings. The van der Waals surface area contributed by atoms with E-state index in [0.29, 0.717) is 29.8 Å². The van der Waals surface area contributed by atoms with Crippen molar-refractivity contribution in [3.63, 3.8) is 0 Å². The molecule has 0 saturated heterocycles. The van der Waals surface area contributed by atoms with Crippen molar-refractivity contribution < 1.29 is 9.13 Å². The number of nitrogens with one attached hydrogen (secondary N) is 1. The summed E-state index contributed by atoms with van der Waals surface area (Å²) < 4.78 is 19.0. The Balaban J connectivity index is 2.17. The predicted molar refractivity (Wildman–Crippen MR) is 77.4 cm³/mol. The second-order valence-corrected chi connectivity index (χ2v) is 5.02. The average Bonchev–Trinajstić information content (AvgIpc) is 2.42. The highest BCUT2D eigenvalue weighted by Crippen LogP contribution is 2.24. The van der Waals surface area contributed by atoms with Crippen LogP contribution in [0, 0.1) is 12.7 Å². The minimum Gasteiger partial charge on any atom is -0.439 e. The van der Waals surface area contributed by atoms with Crippen molar-refractivity contribution in [2.75, 3.05) is 0 Å². The van der Waals surface area contributed by atoms with Crippen LogP contribution in [0.15, 0.2) is 36.5 Å². The maximum atomic E-state index is 13.2. The van der Waals surface area contributed by atoms with Crippen LogP contribution >= 0.6 is 0 Å². The number of ether oxygens (including phenoxy) is 1. The van der Waals surface area contributed by atoms with Gasteiger partial charge < -0.3 is 10.1 Å². The first kappa shape index (κ1) is 14.5. The molecule has 0 amide bonds. The highest BCUT2D eigenvalue weighted by Gasteiger charge is 2.07. The van der Waals surface area contributed by atoms with E-state index in [9.17, 15) is 4.39 Å². The van der Waals surface area contributed by atoms with E-state index >= 15 is 0 Å². The summed E-state index contributed by atoms with van der Waals surface area (Å²) in [6, 6.07) is 8.91. The SMILES string of the molecule is Cc1cc(Oc2ncccc2CNC(C)C)ccc1F. The van der Waals surface area contributed by atoms with Crippen molar-refractivity contribution in [1.82, 2.24) is 10.3 Å². The molecule has 1 aromatic heterocycles. The number of aromatic nitrogens is 1. The molecule has 106 valence electrons. The van der Waals surface area contributed by atoms with Crippen LogP contribution < -0.4 is 10.1 Å². The van der Waals surface area contributed by atoms with Gasteiger partial charge in [-0.15, -0.1) is 0 Å². The minimum atomic E-state index is -0.236. The van der Waals surface area contributed by atoms with Gasteiger partial charge in [-0.3, -0.25) is 0 Å². The summed E-state index contributed by atoms with van der Waals surface area (Å²) in [6.45, 7) is 6.56. The molecule has 20 heavy (non-hydrogen) atoms. The van der Waals surface area contributed by atoms with Crippen LogP contribution in [0.5, 0.6) is 11.6 Å². The second kappa shape index (κ2) is 6.48. The number of halogens is 1. The highest BCUT2D eigenvalue weighted by molar-refractivity contribution is 5.34. The molecule has 1 N–H and O–H groups in total. The molecule has 4 heteroatoms. The third-order valence-corrected chi connectivity index (χ3v) is 2.89. The van der Waals surface area contributed by atoms with Gasteiger partial charge in [0.2, 0.25) is 5.88 Å². The van der Waals surface area contributed by atoms with E-state index in [0.717, 1.165) is 5.56 Å². The smallest absolute Gasteiger partial charge is 0.223 e. The van der Waals surface area contributed by atoms with E-state index in [1.54, 1.807) is 25.3 Å². The molecule has 0 unspecified atom stereocenters. The first-order valence-corrected chi connectivity index (χ1v) is 6.67. The number of aryl methyl sites for hydroxylation is 1. The van der Waals surface area contributed by atoms with Gasteiger partial charge in [-0.1, -0.05) is 19.9 Å². The fraction of sp³-hybridized carbons (Fsp3) is 0.312. The number of benzene rings is 1. The molecule has 0 aliphatic heterocycles. The Morgan fingerprint density at radius 2 is 2.10 bits per heavy atom. The summed E-state index contributed by atoms with van der Waals surface area (Å²) in [5, 5.41) is 3.33. The number of pyridine rings is 1. The van der Waals surface area contributed by atoms with E-state index in [1.165, 1.54) is 6.07 Å². The van der Waals surface area contributed by atoms with Gasteiger partial charge in [0.1, 0.15) is 11.6 Å². The Labute approximate surface area is 118 Å². The number of hydrogen-bond donors (Lipinski definition) is 1. The van der Waals surface area contributed by atoms with Crippen molar-refractivity contribution >= 4 is 0 Å². The average molecular weight is 274 g/mol. The zero-order valence-electron chi connectivity index (χ0n) is 12.0. The minimum absolute atomic E-state index is 0.236. The Hall–Kier alpha value is -1.94. The number of hydrogen-bond acceptors (Lipinski definition) is 3. The van der Waals surface area contributed by atoms with Crippen LogP contribution in [0.1, 0.15) is 25.0 Å². The summed E-state index contributed by atoms with van der Waals surface area (Å²) in [5.41, 5.74) is 1.53. The largest absolute Gasteiger partial charge is 0.439 e. The summed E-state index contributed by atoms with van der Waals surface area (Å²) in [7, 11) is 0. The summed E-state index contributed by atoms with van der Waals surface area (Å²) in [5.74, 6) is 0.903. The molecule has 0 fully saturated rings.